The Balaban J connectivity index is 1.10. The molecule has 1 aromatic heterocycles. The molecule has 0 bridgehead atoms. The van der Waals surface area contributed by atoms with Gasteiger partial charge >= 0.3 is 6.08 Å². The minimum atomic E-state index is -4.96. The van der Waals surface area contributed by atoms with Crippen molar-refractivity contribution in [2.75, 3.05) is 23.0 Å². The standard InChI is InChI=1S/C41H30FN9O18S6/c42-39-45-40(43-22-4-8-26(9-5-22)73(55,56)17-16-63-72-69-66-54)47-41(46-39)44-33-12-13-36(30-20-24(70-67-64-52)6-10-27(30)33)51-50-34-14-15-35(31-21-25(71-68-65-53)7-11-28(31)34)49-48-23-18-32-29(38(19-23)75(60,61)62)2-1-3-37(32)74(57,58)59/h1-15,18-21,52-54H,16-17H2,(H,57,58,59)(H,60,61,62)(H2,43,44,45,46,47). The predicted octanol–water partition coefficient (Wildman–Crippen LogP) is 10.9. The van der Waals surface area contributed by atoms with Crippen LogP contribution in [0.15, 0.2) is 160 Å². The van der Waals surface area contributed by atoms with Gasteiger partial charge in [-0.05, 0) is 91.0 Å². The normalized spacial score (nSPS) is 12.5. The van der Waals surface area contributed by atoms with Crippen molar-refractivity contribution in [3.8, 4) is 0 Å². The van der Waals surface area contributed by atoms with Crippen molar-refractivity contribution >= 4 is 145 Å². The molecule has 1 heterocycles. The zero-order valence-corrected chi connectivity index (χ0v) is 41.8. The van der Waals surface area contributed by atoms with Gasteiger partial charge in [0.25, 0.3) is 20.2 Å². The topological polar surface area (TPSA) is 380 Å². The summed E-state index contributed by atoms with van der Waals surface area (Å²) < 4.78 is 128. The molecule has 8 aromatic rings. The van der Waals surface area contributed by atoms with Gasteiger partial charge in [0.05, 0.1) is 64.1 Å². The number of nitrogens with one attached hydrogen (secondary N) is 2. The van der Waals surface area contributed by atoms with Crippen LogP contribution in [0, 0.1) is 6.08 Å². The Hall–Kier alpha value is -6.52. The van der Waals surface area contributed by atoms with Crippen LogP contribution in [0.4, 0.5) is 50.4 Å². The van der Waals surface area contributed by atoms with Gasteiger partial charge in [0.1, 0.15) is 9.79 Å². The summed E-state index contributed by atoms with van der Waals surface area (Å²) in [5.74, 6) is -0.928. The number of hydrogen-bond acceptors (Lipinski definition) is 28. The molecule has 0 aliphatic heterocycles. The smallest absolute Gasteiger partial charge is 0.315 e. The lowest BCUT2D eigenvalue weighted by Crippen LogP contribution is -2.11. The highest BCUT2D eigenvalue weighted by molar-refractivity contribution is 7.94. The van der Waals surface area contributed by atoms with Crippen molar-refractivity contribution in [1.82, 2.24) is 15.0 Å². The molecule has 7 N–H and O–H groups in total. The Kier molecular flexibility index (Phi) is 17.5. The van der Waals surface area contributed by atoms with Crippen molar-refractivity contribution < 1.29 is 86.8 Å². The average molecular weight is 1150 g/mol. The first kappa shape index (κ1) is 54.7. The van der Waals surface area contributed by atoms with E-state index in [1.807, 2.05) is 0 Å². The van der Waals surface area contributed by atoms with E-state index in [-0.39, 0.29) is 69.2 Å². The first-order chi connectivity index (χ1) is 35.9. The minimum absolute atomic E-state index is 0.0544. The number of azo groups is 2. The molecule has 390 valence electrons. The largest absolute Gasteiger partial charge is 0.324 e. The van der Waals surface area contributed by atoms with Gasteiger partial charge in [-0.1, -0.05) is 39.4 Å². The summed E-state index contributed by atoms with van der Waals surface area (Å²) in [6.07, 6.45) is -1.17. The van der Waals surface area contributed by atoms with E-state index in [4.69, 9.17) is 20.0 Å². The van der Waals surface area contributed by atoms with E-state index in [0.29, 0.717) is 66.8 Å². The van der Waals surface area contributed by atoms with Crippen LogP contribution >= 0.6 is 36.4 Å². The lowest BCUT2D eigenvalue weighted by atomic mass is 10.1. The molecule has 8 rings (SSSR count). The SMILES string of the molecule is O=S(=O)(O)c1cc(N=Nc2ccc(N=Nc3ccc(Nc4nc(F)nc(Nc5ccc(S(=O)(=O)CCOSOOO)cc5)n4)c4ccc(SOOO)cc34)c3ccc(SOOO)cc23)cc2c(S(=O)(=O)O)cccc12. The Morgan fingerprint density at radius 1 is 0.547 bits per heavy atom. The second kappa shape index (κ2) is 24.0. The maximum absolute atomic E-state index is 14.9. The highest BCUT2D eigenvalue weighted by Gasteiger charge is 2.22. The van der Waals surface area contributed by atoms with E-state index in [1.165, 1.54) is 48.5 Å². The zero-order chi connectivity index (χ0) is 53.3. The number of rotatable bonds is 23. The summed E-state index contributed by atoms with van der Waals surface area (Å²) in [6.45, 7) is -0.295. The molecule has 0 fully saturated rings. The third-order valence-corrected chi connectivity index (χ3v) is 15.1. The highest BCUT2D eigenvalue weighted by atomic mass is 32.2. The lowest BCUT2D eigenvalue weighted by molar-refractivity contribution is -0.434. The van der Waals surface area contributed by atoms with Crippen LogP contribution in [0.1, 0.15) is 0 Å². The maximum atomic E-state index is 14.9. The van der Waals surface area contributed by atoms with E-state index >= 15 is 0 Å². The van der Waals surface area contributed by atoms with E-state index < -0.39 is 51.7 Å². The fourth-order valence-electron chi connectivity index (χ4n) is 7.00. The molecule has 0 saturated heterocycles. The average Bonchev–Trinajstić information content (AvgIpc) is 3.38. The van der Waals surface area contributed by atoms with Crippen LogP contribution in [0.2, 0.25) is 0 Å². The number of sulfone groups is 1. The van der Waals surface area contributed by atoms with Crippen LogP contribution in [0.25, 0.3) is 32.3 Å². The number of hydrogen-bond donors (Lipinski definition) is 7. The third kappa shape index (κ3) is 13.7. The van der Waals surface area contributed by atoms with Crippen molar-refractivity contribution in [1.29, 1.82) is 0 Å². The van der Waals surface area contributed by atoms with Crippen LogP contribution in [-0.4, -0.2) is 77.4 Å². The van der Waals surface area contributed by atoms with Crippen molar-refractivity contribution in [2.45, 2.75) is 24.5 Å². The van der Waals surface area contributed by atoms with Crippen LogP contribution in [-0.2, 0) is 62.4 Å². The van der Waals surface area contributed by atoms with Crippen molar-refractivity contribution in [2.24, 2.45) is 20.5 Å². The minimum Gasteiger partial charge on any atom is -0.324 e. The lowest BCUT2D eigenvalue weighted by Gasteiger charge is -2.12. The molecule has 0 unspecified atom stereocenters. The summed E-state index contributed by atoms with van der Waals surface area (Å²) >= 11 is 1.50. The quantitative estimate of drug-likeness (QED) is 0.00781. The molecule has 0 amide bonds. The fourth-order valence-corrected chi connectivity index (χ4v) is 10.6. The summed E-state index contributed by atoms with van der Waals surface area (Å²) in [5.41, 5.74) is 1.06. The number of anilines is 4. The van der Waals surface area contributed by atoms with Crippen molar-refractivity contribution in [3.63, 3.8) is 0 Å². The number of halogens is 1. The molecule has 0 aliphatic rings. The number of nitrogens with zero attached hydrogens (tertiary/aromatic N) is 7. The molecule has 27 nitrogen and oxygen atoms in total. The van der Waals surface area contributed by atoms with E-state index in [2.05, 4.69) is 74.2 Å². The first-order valence-corrected chi connectivity index (χ1v) is 27.0. The first-order valence-electron chi connectivity index (χ1n) is 20.3. The molecule has 0 saturated carbocycles. The van der Waals surface area contributed by atoms with Crippen LogP contribution < -0.4 is 10.6 Å². The van der Waals surface area contributed by atoms with Crippen molar-refractivity contribution in [3.05, 3.63) is 121 Å². The monoisotopic (exact) mass is 1150 g/mol. The Morgan fingerprint density at radius 3 is 1.75 bits per heavy atom. The molecule has 0 spiro atoms. The number of fused-ring (bicyclic) bond motifs is 3. The zero-order valence-electron chi connectivity index (χ0n) is 36.9. The molecule has 0 atom stereocenters. The van der Waals surface area contributed by atoms with Gasteiger partial charge in [-0.3, -0.25) is 13.3 Å². The summed E-state index contributed by atoms with van der Waals surface area (Å²) in [6, 6.07) is 26.7. The third-order valence-electron chi connectivity index (χ3n) is 10.1. The molecule has 0 radical (unpaired) electrons. The second-order valence-electron chi connectivity index (χ2n) is 14.6. The van der Waals surface area contributed by atoms with Gasteiger partial charge < -0.3 is 10.6 Å². The second-order valence-corrected chi connectivity index (χ2v) is 21.6. The Bertz CT molecular complexity index is 3850. The van der Waals surface area contributed by atoms with E-state index in [1.54, 1.807) is 48.5 Å². The Morgan fingerprint density at radius 2 is 1.12 bits per heavy atom. The van der Waals surface area contributed by atoms with E-state index in [9.17, 15) is 38.7 Å². The van der Waals surface area contributed by atoms with Crippen LogP contribution in [0.5, 0.6) is 0 Å². The summed E-state index contributed by atoms with van der Waals surface area (Å²) in [7, 11) is -13.6. The van der Waals surface area contributed by atoms with Crippen LogP contribution in [0.3, 0.4) is 0 Å². The van der Waals surface area contributed by atoms with Gasteiger partial charge in [0.2, 0.25) is 11.9 Å². The van der Waals surface area contributed by atoms with Gasteiger partial charge in [0, 0.05) is 53.5 Å². The predicted molar refractivity (Wildman–Crippen MR) is 264 cm³/mol. The fraction of sp³-hybridized carbons (Fsp3) is 0.0488. The number of benzene rings is 7. The van der Waals surface area contributed by atoms with Gasteiger partial charge in [-0.15, -0.1) is 28.3 Å². The molecule has 7 aromatic carbocycles. The van der Waals surface area contributed by atoms with Gasteiger partial charge in [0.15, 0.2) is 22.2 Å². The molecular formula is C41H30FN9O18S6. The molecular weight excluding hydrogens is 1120 g/mol. The Labute approximate surface area is 433 Å². The maximum Gasteiger partial charge on any atom is 0.315 e. The van der Waals surface area contributed by atoms with Gasteiger partial charge in [-0.2, -0.15) is 41.3 Å². The molecule has 0 aliphatic carbocycles. The number of aromatic nitrogens is 3. The van der Waals surface area contributed by atoms with E-state index in [0.717, 1.165) is 18.2 Å². The molecule has 75 heavy (non-hydrogen) atoms. The highest BCUT2D eigenvalue weighted by Crippen LogP contribution is 2.41. The molecule has 34 heteroatoms. The summed E-state index contributed by atoms with van der Waals surface area (Å²) in [4.78, 5) is 11.1. The van der Waals surface area contributed by atoms with Gasteiger partial charge in [-0.25, -0.2) is 24.2 Å². The summed E-state index contributed by atoms with van der Waals surface area (Å²) in [5, 5.41) is 61.1.